The first-order valence-electron chi connectivity index (χ1n) is 7.34. The molecule has 1 aromatic rings. The zero-order chi connectivity index (χ0) is 15.7. The molecule has 0 aliphatic carbocycles. The van der Waals surface area contributed by atoms with Gasteiger partial charge in [-0.3, -0.25) is 4.79 Å². The van der Waals surface area contributed by atoms with E-state index in [-0.39, 0.29) is 11.3 Å². The van der Waals surface area contributed by atoms with Gasteiger partial charge in [0, 0.05) is 19.3 Å². The predicted molar refractivity (Wildman–Crippen MR) is 88.5 cm³/mol. The van der Waals surface area contributed by atoms with Crippen LogP contribution in [-0.2, 0) is 0 Å². The van der Waals surface area contributed by atoms with Crippen LogP contribution in [0, 0.1) is 0 Å². The number of para-hydroxylation sites is 2. The van der Waals surface area contributed by atoms with Crippen LogP contribution in [0.5, 0.6) is 11.5 Å². The van der Waals surface area contributed by atoms with Crippen LogP contribution in [0.4, 0.5) is 4.79 Å². The van der Waals surface area contributed by atoms with E-state index in [9.17, 15) is 4.79 Å². The van der Waals surface area contributed by atoms with Crippen molar-refractivity contribution in [1.82, 2.24) is 4.90 Å². The van der Waals surface area contributed by atoms with Gasteiger partial charge in [0.15, 0.2) is 11.5 Å². The third kappa shape index (κ3) is 6.29. The number of nitrogens with zero attached hydrogens (tertiary/aromatic N) is 1. The van der Waals surface area contributed by atoms with E-state index < -0.39 is 0 Å². The van der Waals surface area contributed by atoms with Crippen molar-refractivity contribution in [3.63, 3.8) is 0 Å². The van der Waals surface area contributed by atoms with Crippen molar-refractivity contribution in [2.75, 3.05) is 26.0 Å². The standard InChI is InChI=1S/C16H25NO3S/c1-5-13(3)20-15-10-8-7-9-14(15)19-11-12-21-16(18)17(4)6-2/h7-10,13H,5-6,11-12H2,1-4H3. The molecular formula is C16H25NO3S. The number of ether oxygens (including phenoxy) is 2. The van der Waals surface area contributed by atoms with Gasteiger partial charge in [-0.15, -0.1) is 0 Å². The number of rotatable bonds is 8. The molecule has 1 rings (SSSR count). The molecule has 0 fully saturated rings. The Kier molecular flexibility index (Phi) is 8.05. The molecule has 1 amide bonds. The Morgan fingerprint density at radius 2 is 1.95 bits per heavy atom. The van der Waals surface area contributed by atoms with E-state index >= 15 is 0 Å². The van der Waals surface area contributed by atoms with Crippen molar-refractivity contribution in [2.45, 2.75) is 33.3 Å². The summed E-state index contributed by atoms with van der Waals surface area (Å²) in [7, 11) is 1.80. The average Bonchev–Trinajstić information content (AvgIpc) is 2.51. The second-order valence-corrected chi connectivity index (χ2v) is 5.81. The number of hydrogen-bond acceptors (Lipinski definition) is 4. The molecule has 1 atom stereocenters. The topological polar surface area (TPSA) is 38.8 Å². The highest BCUT2D eigenvalue weighted by Gasteiger charge is 2.09. The summed E-state index contributed by atoms with van der Waals surface area (Å²) in [5, 5.41) is 0.0743. The third-order valence-electron chi connectivity index (χ3n) is 3.10. The Labute approximate surface area is 131 Å². The number of hydrogen-bond donors (Lipinski definition) is 0. The first-order valence-corrected chi connectivity index (χ1v) is 8.33. The highest BCUT2D eigenvalue weighted by molar-refractivity contribution is 8.13. The molecule has 5 heteroatoms. The highest BCUT2D eigenvalue weighted by atomic mass is 32.2. The Morgan fingerprint density at radius 1 is 1.29 bits per heavy atom. The Balaban J connectivity index is 2.43. The van der Waals surface area contributed by atoms with Gasteiger partial charge in [-0.05, 0) is 32.4 Å². The zero-order valence-corrected chi connectivity index (χ0v) is 14.1. The van der Waals surface area contributed by atoms with E-state index in [2.05, 4.69) is 6.92 Å². The second kappa shape index (κ2) is 9.55. The van der Waals surface area contributed by atoms with E-state index in [0.29, 0.717) is 12.4 Å². The second-order valence-electron chi connectivity index (χ2n) is 4.76. The number of carbonyl (C=O) groups is 1. The summed E-state index contributed by atoms with van der Waals surface area (Å²) in [6.45, 7) is 7.27. The Bertz CT molecular complexity index is 439. The molecule has 0 bridgehead atoms. The molecule has 0 saturated heterocycles. The fraction of sp³-hybridized carbons (Fsp3) is 0.562. The van der Waals surface area contributed by atoms with Crippen molar-refractivity contribution < 1.29 is 14.3 Å². The fourth-order valence-electron chi connectivity index (χ4n) is 1.49. The molecule has 0 aliphatic heterocycles. The maximum Gasteiger partial charge on any atom is 0.281 e. The molecule has 0 saturated carbocycles. The van der Waals surface area contributed by atoms with Gasteiger partial charge in [0.1, 0.15) is 0 Å². The molecule has 0 aliphatic rings. The molecule has 0 aromatic heterocycles. The van der Waals surface area contributed by atoms with Crippen LogP contribution in [0.25, 0.3) is 0 Å². The van der Waals surface area contributed by atoms with Crippen LogP contribution in [-0.4, -0.2) is 42.2 Å². The summed E-state index contributed by atoms with van der Waals surface area (Å²) in [5.74, 6) is 2.12. The van der Waals surface area contributed by atoms with Crippen LogP contribution < -0.4 is 9.47 Å². The molecule has 21 heavy (non-hydrogen) atoms. The van der Waals surface area contributed by atoms with Crippen molar-refractivity contribution in [1.29, 1.82) is 0 Å². The molecule has 0 heterocycles. The summed E-state index contributed by atoms with van der Waals surface area (Å²) in [4.78, 5) is 13.3. The minimum absolute atomic E-state index is 0.0743. The summed E-state index contributed by atoms with van der Waals surface area (Å²) in [6, 6.07) is 7.65. The van der Waals surface area contributed by atoms with E-state index in [1.807, 2.05) is 38.1 Å². The van der Waals surface area contributed by atoms with Gasteiger partial charge in [-0.2, -0.15) is 0 Å². The number of benzene rings is 1. The molecule has 0 spiro atoms. The van der Waals surface area contributed by atoms with Gasteiger partial charge in [0.25, 0.3) is 5.24 Å². The zero-order valence-electron chi connectivity index (χ0n) is 13.3. The van der Waals surface area contributed by atoms with Gasteiger partial charge in [-0.1, -0.05) is 30.8 Å². The van der Waals surface area contributed by atoms with E-state index in [4.69, 9.17) is 9.47 Å². The fourth-order valence-corrected chi connectivity index (χ4v) is 2.18. The molecule has 118 valence electrons. The van der Waals surface area contributed by atoms with Gasteiger partial charge in [-0.25, -0.2) is 0 Å². The lowest BCUT2D eigenvalue weighted by atomic mass is 10.3. The first kappa shape index (κ1) is 17.7. The number of carbonyl (C=O) groups excluding carboxylic acids is 1. The van der Waals surface area contributed by atoms with Crippen LogP contribution in [0.1, 0.15) is 27.2 Å². The molecule has 0 N–H and O–H groups in total. The summed E-state index contributed by atoms with van der Waals surface area (Å²) in [6.07, 6.45) is 1.10. The predicted octanol–water partition coefficient (Wildman–Crippen LogP) is 4.05. The minimum Gasteiger partial charge on any atom is -0.489 e. The van der Waals surface area contributed by atoms with E-state index in [1.54, 1.807) is 11.9 Å². The molecule has 1 unspecified atom stereocenters. The van der Waals surface area contributed by atoms with Gasteiger partial charge >= 0.3 is 0 Å². The van der Waals surface area contributed by atoms with Crippen molar-refractivity contribution in [3.8, 4) is 11.5 Å². The average molecular weight is 311 g/mol. The smallest absolute Gasteiger partial charge is 0.281 e. The lowest BCUT2D eigenvalue weighted by Crippen LogP contribution is -2.22. The van der Waals surface area contributed by atoms with Gasteiger partial charge in [0.2, 0.25) is 0 Å². The van der Waals surface area contributed by atoms with Crippen molar-refractivity contribution >= 4 is 17.0 Å². The van der Waals surface area contributed by atoms with Gasteiger partial charge in [0.05, 0.1) is 12.7 Å². The molecule has 1 aromatic carbocycles. The molecule has 4 nitrogen and oxygen atoms in total. The third-order valence-corrected chi connectivity index (χ3v) is 4.03. The molecular weight excluding hydrogens is 286 g/mol. The Hall–Kier alpha value is -1.36. The minimum atomic E-state index is 0.0743. The SMILES string of the molecule is CCC(C)Oc1ccccc1OCCSC(=O)N(C)CC. The van der Waals surface area contributed by atoms with Crippen LogP contribution >= 0.6 is 11.8 Å². The maximum atomic E-state index is 11.6. The quantitative estimate of drug-likeness (QED) is 0.679. The van der Waals surface area contributed by atoms with Crippen molar-refractivity contribution in [3.05, 3.63) is 24.3 Å². The van der Waals surface area contributed by atoms with E-state index in [0.717, 1.165) is 24.5 Å². The first-order chi connectivity index (χ1) is 10.1. The number of thioether (sulfide) groups is 1. The van der Waals surface area contributed by atoms with E-state index in [1.165, 1.54) is 11.8 Å². The Morgan fingerprint density at radius 3 is 2.57 bits per heavy atom. The number of amides is 1. The lowest BCUT2D eigenvalue weighted by molar-refractivity contribution is 0.203. The van der Waals surface area contributed by atoms with Crippen LogP contribution in [0.2, 0.25) is 0 Å². The maximum absolute atomic E-state index is 11.6. The van der Waals surface area contributed by atoms with Gasteiger partial charge < -0.3 is 14.4 Å². The summed E-state index contributed by atoms with van der Waals surface area (Å²) in [5.41, 5.74) is 0. The molecule has 0 radical (unpaired) electrons. The highest BCUT2D eigenvalue weighted by Crippen LogP contribution is 2.28. The summed E-state index contributed by atoms with van der Waals surface area (Å²) >= 11 is 1.27. The lowest BCUT2D eigenvalue weighted by Gasteiger charge is -2.17. The van der Waals surface area contributed by atoms with Crippen LogP contribution in [0.15, 0.2) is 24.3 Å². The monoisotopic (exact) mass is 311 g/mol. The summed E-state index contributed by atoms with van der Waals surface area (Å²) < 4.78 is 11.6. The normalized spacial score (nSPS) is 11.8. The largest absolute Gasteiger partial charge is 0.489 e. The van der Waals surface area contributed by atoms with Crippen molar-refractivity contribution in [2.24, 2.45) is 0 Å². The van der Waals surface area contributed by atoms with Crippen LogP contribution in [0.3, 0.4) is 0 Å².